The third kappa shape index (κ3) is 4.43. The van der Waals surface area contributed by atoms with E-state index in [-0.39, 0.29) is 12.5 Å². The minimum Gasteiger partial charge on any atom is -0.484 e. The number of rotatable bonds is 5. The Morgan fingerprint density at radius 2 is 1.77 bits per heavy atom. The summed E-state index contributed by atoms with van der Waals surface area (Å²) in [5.74, 6) is 1.63. The summed E-state index contributed by atoms with van der Waals surface area (Å²) in [6.45, 7) is 10.00. The molecule has 0 aliphatic heterocycles. The van der Waals surface area contributed by atoms with E-state index in [2.05, 4.69) is 43.3 Å². The number of nitrogens with one attached hydrogen (secondary N) is 1. The lowest BCUT2D eigenvalue weighted by molar-refractivity contribution is -0.118. The Bertz CT molecular complexity index is 1290. The maximum Gasteiger partial charge on any atom is 0.263 e. The van der Waals surface area contributed by atoms with Gasteiger partial charge in [-0.25, -0.2) is 4.98 Å². The van der Waals surface area contributed by atoms with Gasteiger partial charge in [0.1, 0.15) is 11.6 Å². The Morgan fingerprint density at radius 1 is 0.968 bits per heavy atom. The van der Waals surface area contributed by atoms with Crippen molar-refractivity contribution in [3.63, 3.8) is 0 Å². The summed E-state index contributed by atoms with van der Waals surface area (Å²) in [5, 5.41) is 8.59. The quantitative estimate of drug-likeness (QED) is 0.500. The van der Waals surface area contributed by atoms with Crippen molar-refractivity contribution in [2.75, 3.05) is 11.9 Å². The van der Waals surface area contributed by atoms with Crippen LogP contribution < -0.4 is 10.1 Å². The predicted octanol–water partition coefficient (Wildman–Crippen LogP) is 4.98. The first-order valence-corrected chi connectivity index (χ1v) is 10.2. The molecule has 1 N–H and O–H groups in total. The van der Waals surface area contributed by atoms with E-state index >= 15 is 0 Å². The van der Waals surface area contributed by atoms with Gasteiger partial charge in [-0.3, -0.25) is 4.79 Å². The lowest BCUT2D eigenvalue weighted by Crippen LogP contribution is -2.22. The van der Waals surface area contributed by atoms with Gasteiger partial charge in [0.2, 0.25) is 0 Å². The molecule has 6 nitrogen and oxygen atoms in total. The van der Waals surface area contributed by atoms with Gasteiger partial charge in [-0.1, -0.05) is 23.8 Å². The summed E-state index contributed by atoms with van der Waals surface area (Å²) >= 11 is 0. The minimum atomic E-state index is -0.257. The van der Waals surface area contributed by atoms with Crippen molar-refractivity contribution in [2.45, 2.75) is 34.6 Å². The van der Waals surface area contributed by atoms with E-state index in [4.69, 9.17) is 9.72 Å². The van der Waals surface area contributed by atoms with Gasteiger partial charge in [0, 0.05) is 11.5 Å². The summed E-state index contributed by atoms with van der Waals surface area (Å²) in [6, 6.07) is 15.7. The monoisotopic (exact) mass is 414 g/mol. The van der Waals surface area contributed by atoms with Gasteiger partial charge < -0.3 is 10.1 Å². The highest BCUT2D eigenvalue weighted by Crippen LogP contribution is 2.26. The maximum atomic E-state index is 12.5. The van der Waals surface area contributed by atoms with E-state index in [1.807, 2.05) is 50.2 Å². The predicted molar refractivity (Wildman–Crippen MR) is 123 cm³/mol. The number of hydrogen-bond donors (Lipinski definition) is 1. The zero-order valence-corrected chi connectivity index (χ0v) is 18.5. The molecule has 0 bridgehead atoms. The van der Waals surface area contributed by atoms with Crippen LogP contribution in [0, 0.1) is 34.6 Å². The van der Waals surface area contributed by atoms with Crippen LogP contribution in [-0.4, -0.2) is 27.3 Å². The van der Waals surface area contributed by atoms with Crippen LogP contribution in [0.1, 0.15) is 27.9 Å². The number of carbonyl (C=O) groups is 1. The normalized spacial score (nSPS) is 11.0. The van der Waals surface area contributed by atoms with Crippen LogP contribution in [0.5, 0.6) is 5.75 Å². The van der Waals surface area contributed by atoms with Crippen LogP contribution in [0.4, 0.5) is 5.82 Å². The van der Waals surface area contributed by atoms with Gasteiger partial charge in [-0.2, -0.15) is 9.78 Å². The summed E-state index contributed by atoms with van der Waals surface area (Å²) in [6.07, 6.45) is 0. The number of amides is 1. The van der Waals surface area contributed by atoms with Crippen molar-refractivity contribution in [3.8, 4) is 11.6 Å². The average molecular weight is 415 g/mol. The van der Waals surface area contributed by atoms with E-state index in [1.165, 1.54) is 5.56 Å². The van der Waals surface area contributed by atoms with Crippen molar-refractivity contribution >= 4 is 22.6 Å². The number of anilines is 1. The molecule has 0 atom stereocenters. The SMILES string of the molecule is Cc1cccc(OCC(=O)Nc2cc(C)nn2-c2cc(C)c3cc(C)cc(C)c3n2)c1. The number of aromatic nitrogens is 3. The smallest absolute Gasteiger partial charge is 0.263 e. The highest BCUT2D eigenvalue weighted by Gasteiger charge is 2.15. The van der Waals surface area contributed by atoms with Gasteiger partial charge in [0.15, 0.2) is 12.4 Å². The lowest BCUT2D eigenvalue weighted by Gasteiger charge is -2.13. The topological polar surface area (TPSA) is 69.0 Å². The second-order valence-electron chi connectivity index (χ2n) is 8.01. The number of pyridine rings is 1. The Hall–Kier alpha value is -3.67. The van der Waals surface area contributed by atoms with E-state index in [1.54, 1.807) is 4.68 Å². The first-order chi connectivity index (χ1) is 14.8. The number of nitrogens with zero attached hydrogens (tertiary/aromatic N) is 3. The van der Waals surface area contributed by atoms with Crippen molar-refractivity contribution in [2.24, 2.45) is 0 Å². The molecule has 0 unspecified atom stereocenters. The summed E-state index contributed by atoms with van der Waals surface area (Å²) in [5.41, 5.74) is 6.24. The van der Waals surface area contributed by atoms with Crippen LogP contribution in [0.25, 0.3) is 16.7 Å². The fourth-order valence-electron chi connectivity index (χ4n) is 3.73. The van der Waals surface area contributed by atoms with Gasteiger partial charge in [0.05, 0.1) is 11.2 Å². The van der Waals surface area contributed by atoms with Gasteiger partial charge >= 0.3 is 0 Å². The third-order valence-corrected chi connectivity index (χ3v) is 5.12. The molecule has 0 aliphatic carbocycles. The number of ether oxygens (including phenoxy) is 1. The molecule has 4 rings (SSSR count). The average Bonchev–Trinajstić information content (AvgIpc) is 3.07. The van der Waals surface area contributed by atoms with E-state index < -0.39 is 0 Å². The molecule has 2 aromatic heterocycles. The third-order valence-electron chi connectivity index (χ3n) is 5.12. The highest BCUT2D eigenvalue weighted by molar-refractivity contribution is 5.91. The Kier molecular flexibility index (Phi) is 5.46. The second-order valence-corrected chi connectivity index (χ2v) is 8.01. The standard InChI is InChI=1S/C25H26N4O2/c1-15-7-6-8-20(10-15)31-14-24(30)26-23-13-19(5)28-29(23)22-12-17(3)21-11-16(2)9-18(4)25(21)27-22/h6-13H,14H2,1-5H3,(H,26,30). The van der Waals surface area contributed by atoms with Gasteiger partial charge in [0.25, 0.3) is 5.91 Å². The van der Waals surface area contributed by atoms with Crippen molar-refractivity contribution in [1.82, 2.24) is 14.8 Å². The van der Waals surface area contributed by atoms with Crippen LogP contribution in [0.3, 0.4) is 0 Å². The second kappa shape index (κ2) is 8.22. The number of fused-ring (bicyclic) bond motifs is 1. The summed E-state index contributed by atoms with van der Waals surface area (Å²) < 4.78 is 7.29. The molecule has 0 saturated heterocycles. The largest absolute Gasteiger partial charge is 0.484 e. The molecule has 2 aromatic carbocycles. The van der Waals surface area contributed by atoms with Crippen LogP contribution in [-0.2, 0) is 4.79 Å². The fraction of sp³-hybridized carbons (Fsp3) is 0.240. The van der Waals surface area contributed by atoms with Crippen molar-refractivity contribution < 1.29 is 9.53 Å². The molecule has 0 saturated carbocycles. The van der Waals surface area contributed by atoms with E-state index in [0.717, 1.165) is 33.3 Å². The van der Waals surface area contributed by atoms with E-state index in [9.17, 15) is 4.79 Å². The number of aryl methyl sites for hydroxylation is 5. The summed E-state index contributed by atoms with van der Waals surface area (Å²) in [4.78, 5) is 17.4. The summed E-state index contributed by atoms with van der Waals surface area (Å²) in [7, 11) is 0. The van der Waals surface area contributed by atoms with Gasteiger partial charge in [-0.15, -0.1) is 0 Å². The van der Waals surface area contributed by atoms with Crippen LogP contribution in [0.15, 0.2) is 48.5 Å². The zero-order chi connectivity index (χ0) is 22.1. The molecule has 0 aliphatic rings. The first-order valence-electron chi connectivity index (χ1n) is 10.2. The van der Waals surface area contributed by atoms with Crippen LogP contribution >= 0.6 is 0 Å². The minimum absolute atomic E-state index is 0.0871. The first kappa shape index (κ1) is 20.6. The number of hydrogen-bond acceptors (Lipinski definition) is 4. The van der Waals surface area contributed by atoms with E-state index in [0.29, 0.717) is 17.4 Å². The lowest BCUT2D eigenvalue weighted by atomic mass is 10.0. The Morgan fingerprint density at radius 3 is 2.55 bits per heavy atom. The molecule has 6 heteroatoms. The molecule has 1 amide bonds. The zero-order valence-electron chi connectivity index (χ0n) is 18.5. The molecule has 0 fully saturated rings. The molecule has 31 heavy (non-hydrogen) atoms. The van der Waals surface area contributed by atoms with Gasteiger partial charge in [-0.05, 0) is 75.6 Å². The molecule has 2 heterocycles. The van der Waals surface area contributed by atoms with Crippen molar-refractivity contribution in [1.29, 1.82) is 0 Å². The number of carbonyl (C=O) groups excluding carboxylic acids is 1. The maximum absolute atomic E-state index is 12.5. The van der Waals surface area contributed by atoms with Crippen molar-refractivity contribution in [3.05, 3.63) is 76.5 Å². The molecule has 0 radical (unpaired) electrons. The molecule has 158 valence electrons. The molecule has 0 spiro atoms. The fourth-order valence-corrected chi connectivity index (χ4v) is 3.73. The molecular weight excluding hydrogens is 388 g/mol. The van der Waals surface area contributed by atoms with Crippen LogP contribution in [0.2, 0.25) is 0 Å². The molecular formula is C25H26N4O2. The molecule has 4 aromatic rings. The Labute approximate surface area is 181 Å². The highest BCUT2D eigenvalue weighted by atomic mass is 16.5. The number of benzene rings is 2. The Balaban J connectivity index is 1.61.